The van der Waals surface area contributed by atoms with E-state index in [0.29, 0.717) is 16.3 Å². The summed E-state index contributed by atoms with van der Waals surface area (Å²) in [7, 11) is 0. The fraction of sp³-hybridized carbons (Fsp3) is 0. The Labute approximate surface area is 153 Å². The van der Waals surface area contributed by atoms with Crippen molar-refractivity contribution in [2.45, 2.75) is 0 Å². The van der Waals surface area contributed by atoms with Crippen LogP contribution in [0.4, 0.5) is 5.69 Å². The Morgan fingerprint density at radius 2 is 1.96 bits per heavy atom. The maximum atomic E-state index is 12.4. The number of fused-ring (bicyclic) bond motifs is 1. The molecule has 4 rings (SSSR count). The van der Waals surface area contributed by atoms with Gasteiger partial charge in [-0.3, -0.25) is 9.78 Å². The van der Waals surface area contributed by atoms with Gasteiger partial charge >= 0.3 is 0 Å². The molecule has 0 atom stereocenters. The van der Waals surface area contributed by atoms with Crippen LogP contribution in [0.1, 0.15) is 10.4 Å². The zero-order valence-electron chi connectivity index (χ0n) is 12.9. The maximum Gasteiger partial charge on any atom is 0.257 e. The van der Waals surface area contributed by atoms with E-state index in [-0.39, 0.29) is 5.91 Å². The van der Waals surface area contributed by atoms with Gasteiger partial charge in [0.1, 0.15) is 5.01 Å². The van der Waals surface area contributed by atoms with Crippen LogP contribution in [0.5, 0.6) is 0 Å². The molecule has 0 aliphatic rings. The number of benzene rings is 2. The van der Waals surface area contributed by atoms with Gasteiger partial charge < -0.3 is 5.32 Å². The highest BCUT2D eigenvalue weighted by Crippen LogP contribution is 2.31. The lowest BCUT2D eigenvalue weighted by Gasteiger charge is -2.07. The molecule has 6 heteroatoms. The number of thiazole rings is 1. The number of carbonyl (C=O) groups is 1. The fourth-order valence-electron chi connectivity index (χ4n) is 2.48. The minimum atomic E-state index is -0.270. The predicted octanol–water partition coefficient (Wildman–Crippen LogP) is 5.26. The summed E-state index contributed by atoms with van der Waals surface area (Å²) in [6.07, 6.45) is 2.99. The molecule has 1 amide bonds. The summed E-state index contributed by atoms with van der Waals surface area (Å²) >= 11 is 7.65. The molecule has 2 aromatic carbocycles. The lowest BCUT2D eigenvalue weighted by molar-refractivity contribution is 0.102. The molecule has 0 fully saturated rings. The number of amides is 1. The predicted molar refractivity (Wildman–Crippen MR) is 102 cm³/mol. The van der Waals surface area contributed by atoms with Crippen LogP contribution in [-0.4, -0.2) is 15.9 Å². The van der Waals surface area contributed by atoms with Crippen molar-refractivity contribution in [3.05, 3.63) is 77.6 Å². The molecule has 0 aliphatic heterocycles. The first-order valence-corrected chi connectivity index (χ1v) is 8.77. The Hall–Kier alpha value is -2.76. The van der Waals surface area contributed by atoms with E-state index in [0.717, 1.165) is 20.8 Å². The molecule has 2 aromatic heterocycles. The van der Waals surface area contributed by atoms with Crippen LogP contribution in [-0.2, 0) is 0 Å². The molecule has 25 heavy (non-hydrogen) atoms. The van der Waals surface area contributed by atoms with E-state index in [1.54, 1.807) is 23.6 Å². The van der Waals surface area contributed by atoms with E-state index in [9.17, 15) is 4.79 Å². The maximum absolute atomic E-state index is 12.4. The zero-order valence-corrected chi connectivity index (χ0v) is 14.5. The Morgan fingerprint density at radius 3 is 2.80 bits per heavy atom. The number of hydrogen-bond donors (Lipinski definition) is 1. The molecule has 0 spiro atoms. The third-order valence-corrected chi connectivity index (χ3v) is 5.07. The molecular formula is C19H12ClN3OS. The molecule has 0 saturated heterocycles. The molecule has 0 radical (unpaired) electrons. The topological polar surface area (TPSA) is 54.9 Å². The van der Waals surface area contributed by atoms with Crippen molar-refractivity contribution in [1.82, 2.24) is 9.97 Å². The molecule has 0 aliphatic carbocycles. The molecule has 122 valence electrons. The van der Waals surface area contributed by atoms with Crippen molar-refractivity contribution < 1.29 is 4.79 Å². The summed E-state index contributed by atoms with van der Waals surface area (Å²) in [5, 5.41) is 4.11. The third kappa shape index (κ3) is 3.24. The molecule has 0 saturated carbocycles. The molecule has 0 unspecified atom stereocenters. The normalized spacial score (nSPS) is 10.8. The van der Waals surface area contributed by atoms with Crippen molar-refractivity contribution in [2.75, 3.05) is 5.32 Å². The van der Waals surface area contributed by atoms with E-state index >= 15 is 0 Å². The first-order chi connectivity index (χ1) is 12.2. The van der Waals surface area contributed by atoms with Crippen LogP contribution in [0.25, 0.3) is 20.8 Å². The van der Waals surface area contributed by atoms with Crippen molar-refractivity contribution in [3.63, 3.8) is 0 Å². The Balaban J connectivity index is 1.63. The van der Waals surface area contributed by atoms with Crippen LogP contribution in [0, 0.1) is 0 Å². The summed E-state index contributed by atoms with van der Waals surface area (Å²) in [5.41, 5.74) is 3.01. The van der Waals surface area contributed by atoms with Crippen LogP contribution in [0.3, 0.4) is 0 Å². The number of carbonyl (C=O) groups excluding carboxylic acids is 1. The first kappa shape index (κ1) is 15.7. The monoisotopic (exact) mass is 365 g/mol. The largest absolute Gasteiger partial charge is 0.322 e. The number of aromatic nitrogens is 2. The van der Waals surface area contributed by atoms with Crippen LogP contribution >= 0.6 is 22.9 Å². The summed E-state index contributed by atoms with van der Waals surface area (Å²) in [6.45, 7) is 0. The van der Waals surface area contributed by atoms with Crippen molar-refractivity contribution in [2.24, 2.45) is 0 Å². The lowest BCUT2D eigenvalue weighted by Crippen LogP contribution is -2.12. The van der Waals surface area contributed by atoms with Crippen LogP contribution in [0.2, 0.25) is 5.02 Å². The van der Waals surface area contributed by atoms with Gasteiger partial charge in [0.2, 0.25) is 0 Å². The second kappa shape index (κ2) is 6.63. The third-order valence-electron chi connectivity index (χ3n) is 3.68. The number of pyridine rings is 1. The van der Waals surface area contributed by atoms with Crippen molar-refractivity contribution >= 4 is 44.7 Å². The molecule has 2 heterocycles. The highest BCUT2D eigenvalue weighted by Gasteiger charge is 2.11. The first-order valence-electron chi connectivity index (χ1n) is 7.57. The standard InChI is InChI=1S/C19H12ClN3OS/c20-15-11-21-9-8-14(15)18(24)22-13-5-3-4-12(10-13)19-23-16-6-1-2-7-17(16)25-19/h1-11H,(H,22,24). The quantitative estimate of drug-likeness (QED) is 0.538. The molecule has 4 aromatic rings. The van der Waals surface area contributed by atoms with Gasteiger partial charge in [-0.1, -0.05) is 35.9 Å². The number of nitrogens with one attached hydrogen (secondary N) is 1. The van der Waals surface area contributed by atoms with Gasteiger partial charge in [-0.2, -0.15) is 0 Å². The average Bonchev–Trinajstić information content (AvgIpc) is 3.06. The lowest BCUT2D eigenvalue weighted by atomic mass is 10.2. The Kier molecular flexibility index (Phi) is 4.17. The highest BCUT2D eigenvalue weighted by atomic mass is 35.5. The number of halogens is 1. The summed E-state index contributed by atoms with van der Waals surface area (Å²) < 4.78 is 1.13. The van der Waals surface area contributed by atoms with Crippen molar-refractivity contribution in [1.29, 1.82) is 0 Å². The Morgan fingerprint density at radius 1 is 1.08 bits per heavy atom. The van der Waals surface area contributed by atoms with Crippen LogP contribution < -0.4 is 5.32 Å². The van der Waals surface area contributed by atoms with Gasteiger partial charge in [0.15, 0.2) is 0 Å². The second-order valence-electron chi connectivity index (χ2n) is 5.38. The molecule has 1 N–H and O–H groups in total. The second-order valence-corrected chi connectivity index (χ2v) is 6.82. The minimum Gasteiger partial charge on any atom is -0.322 e. The number of nitrogens with zero attached hydrogens (tertiary/aromatic N) is 2. The SMILES string of the molecule is O=C(Nc1cccc(-c2nc3ccccc3s2)c1)c1ccncc1Cl. The smallest absolute Gasteiger partial charge is 0.257 e. The number of rotatable bonds is 3. The Bertz CT molecular complexity index is 1040. The average molecular weight is 366 g/mol. The summed E-state index contributed by atoms with van der Waals surface area (Å²) in [6, 6.07) is 17.2. The van der Waals surface area contributed by atoms with Gasteiger partial charge in [0, 0.05) is 23.6 Å². The fourth-order valence-corrected chi connectivity index (χ4v) is 3.65. The van der Waals surface area contributed by atoms with Gasteiger partial charge in [-0.15, -0.1) is 11.3 Å². The van der Waals surface area contributed by atoms with Crippen molar-refractivity contribution in [3.8, 4) is 10.6 Å². The number of para-hydroxylation sites is 1. The summed E-state index contributed by atoms with van der Waals surface area (Å²) in [5.74, 6) is -0.270. The molecule has 0 bridgehead atoms. The van der Waals surface area contributed by atoms with E-state index < -0.39 is 0 Å². The highest BCUT2D eigenvalue weighted by molar-refractivity contribution is 7.21. The van der Waals surface area contributed by atoms with Gasteiger partial charge in [-0.05, 0) is 30.3 Å². The zero-order chi connectivity index (χ0) is 17.2. The molecule has 4 nitrogen and oxygen atoms in total. The van der Waals surface area contributed by atoms with Crippen LogP contribution in [0.15, 0.2) is 67.0 Å². The van der Waals surface area contributed by atoms with Gasteiger partial charge in [0.05, 0.1) is 20.8 Å². The minimum absolute atomic E-state index is 0.270. The van der Waals surface area contributed by atoms with E-state index in [1.807, 2.05) is 48.5 Å². The molecular weight excluding hydrogens is 354 g/mol. The van der Waals surface area contributed by atoms with Gasteiger partial charge in [-0.25, -0.2) is 4.98 Å². The number of hydrogen-bond acceptors (Lipinski definition) is 4. The number of anilines is 1. The van der Waals surface area contributed by atoms with E-state index in [2.05, 4.69) is 15.3 Å². The van der Waals surface area contributed by atoms with E-state index in [1.165, 1.54) is 6.20 Å². The van der Waals surface area contributed by atoms with E-state index in [4.69, 9.17) is 11.6 Å². The summed E-state index contributed by atoms with van der Waals surface area (Å²) in [4.78, 5) is 20.9. The van der Waals surface area contributed by atoms with Gasteiger partial charge in [0.25, 0.3) is 5.91 Å².